The molecule has 0 radical (unpaired) electrons. The first-order chi connectivity index (χ1) is 13.5. The fourth-order valence-electron chi connectivity index (χ4n) is 2.81. The summed E-state index contributed by atoms with van der Waals surface area (Å²) in [6.07, 6.45) is 24.7. The third kappa shape index (κ3) is 38.3. The van der Waals surface area contributed by atoms with E-state index in [1.807, 2.05) is 13.8 Å². The topological polar surface area (TPSA) is 80.3 Å². The number of carboxylic acids is 2. The molecule has 0 amide bonds. The summed E-state index contributed by atoms with van der Waals surface area (Å²) in [5.74, 6) is -1.84. The minimum Gasteiger partial charge on any atom is -0.550 e. The van der Waals surface area contributed by atoms with Crippen molar-refractivity contribution in [3.8, 4) is 0 Å². The van der Waals surface area contributed by atoms with E-state index in [0.717, 1.165) is 38.5 Å². The minimum atomic E-state index is -0.918. The van der Waals surface area contributed by atoms with Crippen molar-refractivity contribution in [2.24, 2.45) is 0 Å². The van der Waals surface area contributed by atoms with Gasteiger partial charge in [0.1, 0.15) is 0 Å². The van der Waals surface area contributed by atoms with Crippen molar-refractivity contribution in [1.29, 1.82) is 0 Å². The smallest absolute Gasteiger partial charge is 0.550 e. The molecule has 5 heteroatoms. The van der Waals surface area contributed by atoms with Gasteiger partial charge in [-0.2, -0.15) is 0 Å². The zero-order valence-corrected chi connectivity index (χ0v) is 21.9. The van der Waals surface area contributed by atoms with Crippen molar-refractivity contribution in [3.63, 3.8) is 0 Å². The van der Waals surface area contributed by atoms with Crippen LogP contribution in [-0.2, 0) is 29.1 Å². The van der Waals surface area contributed by atoms with Gasteiger partial charge < -0.3 is 19.8 Å². The van der Waals surface area contributed by atoms with Gasteiger partial charge in [-0.3, -0.25) is 0 Å². The van der Waals surface area contributed by atoms with E-state index in [-0.39, 0.29) is 32.3 Å². The van der Waals surface area contributed by atoms with Crippen LogP contribution in [0, 0.1) is 0 Å². The van der Waals surface area contributed by atoms with Gasteiger partial charge in [0.25, 0.3) is 0 Å². The zero-order chi connectivity index (χ0) is 21.3. The Labute approximate surface area is 192 Å². The third-order valence-corrected chi connectivity index (χ3v) is 4.47. The molecule has 0 unspecified atom stereocenters. The molecule has 29 heavy (non-hydrogen) atoms. The summed E-state index contributed by atoms with van der Waals surface area (Å²) in [6.45, 7) is 4.08. The van der Waals surface area contributed by atoms with Crippen LogP contribution >= 0.6 is 0 Å². The molecule has 0 bridgehead atoms. The summed E-state index contributed by atoms with van der Waals surface area (Å²) >= 11 is 0. The Bertz CT molecular complexity index is 368. The van der Waals surface area contributed by atoms with E-state index in [4.69, 9.17) is 0 Å². The van der Waals surface area contributed by atoms with Gasteiger partial charge in [0, 0.05) is 11.9 Å². The van der Waals surface area contributed by atoms with Crippen LogP contribution in [0.2, 0.25) is 0 Å². The number of carbonyl (C=O) groups is 2. The molecule has 0 N–H and O–H groups in total. The summed E-state index contributed by atoms with van der Waals surface area (Å²) in [6, 6.07) is 0. The minimum absolute atomic E-state index is 0. The van der Waals surface area contributed by atoms with Gasteiger partial charge in [-0.05, 0) is 65.2 Å². The Kier molecular flexibility index (Phi) is 33.0. The monoisotopic (exact) mass is 458 g/mol. The first-order valence-electron chi connectivity index (χ1n) is 11.2. The molecule has 0 aliphatic heterocycles. The third-order valence-electron chi connectivity index (χ3n) is 4.47. The van der Waals surface area contributed by atoms with Crippen molar-refractivity contribution < 1.29 is 39.3 Å². The maximum absolute atomic E-state index is 10.1. The predicted octanol–water partition coefficient (Wildman–Crippen LogP) is 4.86. The second-order valence-corrected chi connectivity index (χ2v) is 7.20. The summed E-state index contributed by atoms with van der Waals surface area (Å²) in [4.78, 5) is 20.2. The Hall–Kier alpha value is -0.957. The molecular weight excluding hydrogens is 418 g/mol. The summed E-state index contributed by atoms with van der Waals surface area (Å²) in [5.41, 5.74) is 0. The van der Waals surface area contributed by atoms with E-state index < -0.39 is 11.9 Å². The number of carboxylic acid groups (broad SMARTS) is 2. The Morgan fingerprint density at radius 1 is 0.552 bits per heavy atom. The fourth-order valence-corrected chi connectivity index (χ4v) is 2.81. The van der Waals surface area contributed by atoms with Gasteiger partial charge in [-0.1, -0.05) is 75.7 Å². The largest absolute Gasteiger partial charge is 2.00 e. The van der Waals surface area contributed by atoms with Crippen LogP contribution in [-0.4, -0.2) is 11.9 Å². The van der Waals surface area contributed by atoms with Crippen LogP contribution < -0.4 is 10.2 Å². The maximum Gasteiger partial charge on any atom is 2.00 e. The van der Waals surface area contributed by atoms with Gasteiger partial charge >= 0.3 is 19.5 Å². The van der Waals surface area contributed by atoms with Crippen LogP contribution in [0.1, 0.15) is 117 Å². The Balaban J connectivity index is -0.000000451. The van der Waals surface area contributed by atoms with Gasteiger partial charge in [-0.25, -0.2) is 0 Å². The molecular formula is C24H42O4Zn. The molecule has 0 saturated heterocycles. The zero-order valence-electron chi connectivity index (χ0n) is 19.0. The number of aliphatic carboxylic acids is 2. The Morgan fingerprint density at radius 3 is 1.10 bits per heavy atom. The average molecular weight is 460 g/mol. The van der Waals surface area contributed by atoms with Crippen LogP contribution in [0.3, 0.4) is 0 Å². The van der Waals surface area contributed by atoms with E-state index in [0.29, 0.717) is 0 Å². The fraction of sp³-hybridized carbons (Fsp3) is 0.750. The normalized spacial score (nSPS) is 10.6. The van der Waals surface area contributed by atoms with Crippen molar-refractivity contribution in [2.45, 2.75) is 117 Å². The van der Waals surface area contributed by atoms with Crippen molar-refractivity contribution >= 4 is 11.9 Å². The molecule has 0 saturated carbocycles. The van der Waals surface area contributed by atoms with Crippen LogP contribution in [0.25, 0.3) is 0 Å². The molecule has 0 fully saturated rings. The molecule has 0 aliphatic rings. The van der Waals surface area contributed by atoms with Gasteiger partial charge in [-0.15, -0.1) is 0 Å². The molecule has 0 atom stereocenters. The summed E-state index contributed by atoms with van der Waals surface area (Å²) < 4.78 is 0. The van der Waals surface area contributed by atoms with E-state index in [9.17, 15) is 19.8 Å². The van der Waals surface area contributed by atoms with E-state index in [1.165, 1.54) is 51.4 Å². The Morgan fingerprint density at radius 2 is 0.828 bits per heavy atom. The first kappa shape index (κ1) is 32.7. The molecule has 0 heterocycles. The standard InChI is InChI=1S/2C12H22O2.Zn/c2*1-2-3-4-5-6-7-8-9-10-11-12(13)14;/h2*2-3H,4-11H2,1H3,(H,13,14);/q;;+2/p-2. The van der Waals surface area contributed by atoms with Gasteiger partial charge in [0.15, 0.2) is 0 Å². The van der Waals surface area contributed by atoms with Crippen LogP contribution in [0.5, 0.6) is 0 Å². The molecule has 4 nitrogen and oxygen atoms in total. The van der Waals surface area contributed by atoms with E-state index in [1.54, 1.807) is 0 Å². The molecule has 0 aliphatic carbocycles. The van der Waals surface area contributed by atoms with E-state index >= 15 is 0 Å². The number of hydrogen-bond donors (Lipinski definition) is 0. The van der Waals surface area contributed by atoms with Crippen LogP contribution in [0.15, 0.2) is 24.3 Å². The number of unbranched alkanes of at least 4 members (excludes halogenated alkanes) is 12. The quantitative estimate of drug-likeness (QED) is 0.166. The molecule has 0 aromatic rings. The maximum atomic E-state index is 10.1. The number of rotatable bonds is 18. The summed E-state index contributed by atoms with van der Waals surface area (Å²) in [5, 5.41) is 20.2. The molecule has 0 spiro atoms. The van der Waals surface area contributed by atoms with Crippen molar-refractivity contribution in [2.75, 3.05) is 0 Å². The molecule has 0 aromatic heterocycles. The molecule has 0 rings (SSSR count). The van der Waals surface area contributed by atoms with Crippen LogP contribution in [0.4, 0.5) is 0 Å². The molecule has 164 valence electrons. The van der Waals surface area contributed by atoms with Crippen molar-refractivity contribution in [1.82, 2.24) is 0 Å². The van der Waals surface area contributed by atoms with Gasteiger partial charge in [0.05, 0.1) is 0 Å². The second kappa shape index (κ2) is 29.2. The average Bonchev–Trinajstić information content (AvgIpc) is 2.65. The van der Waals surface area contributed by atoms with Gasteiger partial charge in [0.2, 0.25) is 0 Å². The second-order valence-electron chi connectivity index (χ2n) is 7.20. The van der Waals surface area contributed by atoms with Crippen molar-refractivity contribution in [3.05, 3.63) is 24.3 Å². The van der Waals surface area contributed by atoms with E-state index in [2.05, 4.69) is 24.3 Å². The number of carbonyl (C=O) groups excluding carboxylic acids is 2. The predicted molar refractivity (Wildman–Crippen MR) is 114 cm³/mol. The number of hydrogen-bond acceptors (Lipinski definition) is 4. The number of allylic oxidation sites excluding steroid dienone is 4. The summed E-state index contributed by atoms with van der Waals surface area (Å²) in [7, 11) is 0. The first-order valence-corrected chi connectivity index (χ1v) is 11.2. The molecule has 0 aromatic carbocycles. The SMILES string of the molecule is CC=CCCCCCCCCC(=O)[O-].CC=CCCCCCCCCC(=O)[O-].[Zn+2].